The van der Waals surface area contributed by atoms with Gasteiger partial charge in [0.05, 0.1) is 21.3 Å². The highest BCUT2D eigenvalue weighted by molar-refractivity contribution is 9.10. The summed E-state index contributed by atoms with van der Waals surface area (Å²) >= 11 is 3.28. The van der Waals surface area contributed by atoms with Crippen molar-refractivity contribution in [2.45, 2.75) is 4.90 Å². The molecule has 0 spiro atoms. The van der Waals surface area contributed by atoms with E-state index in [-0.39, 0.29) is 4.90 Å². The van der Waals surface area contributed by atoms with E-state index in [0.29, 0.717) is 21.8 Å². The Bertz CT molecular complexity index is 717. The molecule has 0 aliphatic heterocycles. The minimum atomic E-state index is -3.27. The average molecular weight is 343 g/mol. The molecule has 0 radical (unpaired) electrons. The summed E-state index contributed by atoms with van der Waals surface area (Å²) in [6, 6.07) is 7.87. The number of halogens is 1. The maximum atomic E-state index is 11.5. The van der Waals surface area contributed by atoms with E-state index >= 15 is 0 Å². The normalized spacial score (nSPS) is 11.3. The predicted octanol–water partition coefficient (Wildman–Crippen LogP) is 2.62. The van der Waals surface area contributed by atoms with Crippen LogP contribution in [0, 0.1) is 0 Å². The minimum Gasteiger partial charge on any atom is -0.438 e. The molecule has 0 bridgehead atoms. The molecule has 1 aromatic heterocycles. The Morgan fingerprint density at radius 2 is 2.05 bits per heavy atom. The maximum absolute atomic E-state index is 11.5. The van der Waals surface area contributed by atoms with Crippen LogP contribution in [0.1, 0.15) is 0 Å². The first-order chi connectivity index (χ1) is 8.86. The highest BCUT2D eigenvalue weighted by Crippen LogP contribution is 2.29. The highest BCUT2D eigenvalue weighted by atomic mass is 79.9. The number of sulfone groups is 1. The zero-order valence-corrected chi connectivity index (χ0v) is 12.4. The number of benzene rings is 1. The number of nitrogens with two attached hydrogens (primary N) is 1. The van der Waals surface area contributed by atoms with Crippen LogP contribution in [0.5, 0.6) is 11.6 Å². The van der Waals surface area contributed by atoms with Crippen LogP contribution in [0.2, 0.25) is 0 Å². The SMILES string of the molecule is CS(=O)(=O)c1cccc(Oc2ncc(N)cc2Br)c1. The Morgan fingerprint density at radius 3 is 2.68 bits per heavy atom. The third-order valence-electron chi connectivity index (χ3n) is 2.28. The van der Waals surface area contributed by atoms with E-state index in [1.165, 1.54) is 18.3 Å². The van der Waals surface area contributed by atoms with Crippen LogP contribution >= 0.6 is 15.9 Å². The summed E-state index contributed by atoms with van der Waals surface area (Å²) in [6.45, 7) is 0. The van der Waals surface area contributed by atoms with Gasteiger partial charge in [-0.15, -0.1) is 0 Å². The Kier molecular flexibility index (Phi) is 3.77. The molecule has 5 nitrogen and oxygen atoms in total. The number of nitrogens with zero attached hydrogens (tertiary/aromatic N) is 1. The highest BCUT2D eigenvalue weighted by Gasteiger charge is 2.10. The van der Waals surface area contributed by atoms with Gasteiger partial charge in [0.2, 0.25) is 5.88 Å². The van der Waals surface area contributed by atoms with E-state index < -0.39 is 9.84 Å². The summed E-state index contributed by atoms with van der Waals surface area (Å²) in [5, 5.41) is 0. The van der Waals surface area contributed by atoms with E-state index in [0.717, 1.165) is 6.26 Å². The van der Waals surface area contributed by atoms with Gasteiger partial charge in [-0.3, -0.25) is 0 Å². The molecule has 7 heteroatoms. The maximum Gasteiger partial charge on any atom is 0.233 e. The molecule has 0 aliphatic rings. The second-order valence-electron chi connectivity index (χ2n) is 3.90. The number of pyridine rings is 1. The average Bonchev–Trinajstić information content (AvgIpc) is 2.32. The zero-order valence-electron chi connectivity index (χ0n) is 10.00. The van der Waals surface area contributed by atoms with Crippen molar-refractivity contribution in [3.63, 3.8) is 0 Å². The van der Waals surface area contributed by atoms with Crippen LogP contribution < -0.4 is 10.5 Å². The van der Waals surface area contributed by atoms with Crippen LogP contribution in [0.4, 0.5) is 5.69 Å². The quantitative estimate of drug-likeness (QED) is 0.926. The topological polar surface area (TPSA) is 82.3 Å². The molecule has 0 saturated heterocycles. The van der Waals surface area contributed by atoms with Crippen molar-refractivity contribution in [3.8, 4) is 11.6 Å². The molecule has 2 rings (SSSR count). The second kappa shape index (κ2) is 5.18. The fraction of sp³-hybridized carbons (Fsp3) is 0.0833. The third-order valence-corrected chi connectivity index (χ3v) is 3.96. The number of nitrogen functional groups attached to an aromatic ring is 1. The Morgan fingerprint density at radius 1 is 1.32 bits per heavy atom. The number of ether oxygens (including phenoxy) is 1. The Hall–Kier alpha value is -1.60. The lowest BCUT2D eigenvalue weighted by atomic mass is 10.3. The largest absolute Gasteiger partial charge is 0.438 e. The molecule has 2 aromatic rings. The van der Waals surface area contributed by atoms with E-state index in [1.807, 2.05) is 0 Å². The standard InChI is InChI=1S/C12H11BrN2O3S/c1-19(16,17)10-4-2-3-9(6-10)18-12-11(13)5-8(14)7-15-12/h2-7H,14H2,1H3. The van der Waals surface area contributed by atoms with Gasteiger partial charge in [0.1, 0.15) is 5.75 Å². The van der Waals surface area contributed by atoms with E-state index in [9.17, 15) is 8.42 Å². The van der Waals surface area contributed by atoms with Gasteiger partial charge in [0.15, 0.2) is 9.84 Å². The van der Waals surface area contributed by atoms with Crippen LogP contribution in [-0.4, -0.2) is 19.7 Å². The number of anilines is 1. The molecule has 0 atom stereocenters. The predicted molar refractivity (Wildman–Crippen MR) is 76.0 cm³/mol. The lowest BCUT2D eigenvalue weighted by molar-refractivity contribution is 0.458. The number of hydrogen-bond donors (Lipinski definition) is 1. The van der Waals surface area contributed by atoms with E-state index in [2.05, 4.69) is 20.9 Å². The first kappa shape index (κ1) is 13.8. The number of aromatic nitrogens is 1. The molecule has 100 valence electrons. The van der Waals surface area contributed by atoms with Crippen LogP contribution in [0.25, 0.3) is 0 Å². The molecule has 1 aromatic carbocycles. The van der Waals surface area contributed by atoms with Crippen molar-refractivity contribution in [1.29, 1.82) is 0 Å². The van der Waals surface area contributed by atoms with Crippen molar-refractivity contribution >= 4 is 31.5 Å². The summed E-state index contributed by atoms with van der Waals surface area (Å²) in [5.74, 6) is 0.709. The van der Waals surface area contributed by atoms with Crippen molar-refractivity contribution < 1.29 is 13.2 Å². The summed E-state index contributed by atoms with van der Waals surface area (Å²) in [6.07, 6.45) is 2.60. The molecular formula is C12H11BrN2O3S. The van der Waals surface area contributed by atoms with Crippen molar-refractivity contribution in [2.75, 3.05) is 12.0 Å². The molecule has 0 unspecified atom stereocenters. The fourth-order valence-corrected chi connectivity index (χ4v) is 2.50. The Labute approximate surface area is 119 Å². The van der Waals surface area contributed by atoms with Gasteiger partial charge >= 0.3 is 0 Å². The smallest absolute Gasteiger partial charge is 0.233 e. The molecule has 19 heavy (non-hydrogen) atoms. The monoisotopic (exact) mass is 342 g/mol. The van der Waals surface area contributed by atoms with Crippen molar-refractivity contribution in [3.05, 3.63) is 41.0 Å². The van der Waals surface area contributed by atoms with E-state index in [4.69, 9.17) is 10.5 Å². The Balaban J connectivity index is 2.34. The van der Waals surface area contributed by atoms with Gasteiger partial charge in [0.25, 0.3) is 0 Å². The number of hydrogen-bond acceptors (Lipinski definition) is 5. The van der Waals surface area contributed by atoms with Crippen LogP contribution in [-0.2, 0) is 9.84 Å². The van der Waals surface area contributed by atoms with Crippen molar-refractivity contribution in [2.24, 2.45) is 0 Å². The molecule has 0 fully saturated rings. The lowest BCUT2D eigenvalue weighted by Gasteiger charge is -2.08. The summed E-state index contributed by atoms with van der Waals surface area (Å²) < 4.78 is 29.0. The molecule has 0 amide bonds. The summed E-state index contributed by atoms with van der Waals surface area (Å²) in [4.78, 5) is 4.21. The zero-order chi connectivity index (χ0) is 14.0. The number of rotatable bonds is 3. The molecule has 2 N–H and O–H groups in total. The molecule has 0 aliphatic carbocycles. The fourth-order valence-electron chi connectivity index (χ4n) is 1.40. The van der Waals surface area contributed by atoms with Gasteiger partial charge < -0.3 is 10.5 Å². The minimum absolute atomic E-state index is 0.191. The molecule has 0 saturated carbocycles. The first-order valence-corrected chi connectivity index (χ1v) is 7.94. The van der Waals surface area contributed by atoms with E-state index in [1.54, 1.807) is 18.2 Å². The molecule has 1 heterocycles. The van der Waals surface area contributed by atoms with Gasteiger partial charge in [0, 0.05) is 6.26 Å². The second-order valence-corrected chi connectivity index (χ2v) is 6.77. The van der Waals surface area contributed by atoms with Gasteiger partial charge in [-0.25, -0.2) is 13.4 Å². The third kappa shape index (κ3) is 3.45. The summed E-state index contributed by atoms with van der Waals surface area (Å²) in [5.41, 5.74) is 6.08. The van der Waals surface area contributed by atoms with Gasteiger partial charge in [-0.05, 0) is 40.2 Å². The van der Waals surface area contributed by atoms with Crippen LogP contribution in [0.3, 0.4) is 0 Å². The van der Waals surface area contributed by atoms with Crippen molar-refractivity contribution in [1.82, 2.24) is 4.98 Å². The van der Waals surface area contributed by atoms with Gasteiger partial charge in [-0.2, -0.15) is 0 Å². The van der Waals surface area contributed by atoms with Gasteiger partial charge in [-0.1, -0.05) is 6.07 Å². The molecular weight excluding hydrogens is 332 g/mol. The summed E-state index contributed by atoms with van der Waals surface area (Å²) in [7, 11) is -3.27. The lowest BCUT2D eigenvalue weighted by Crippen LogP contribution is -1.97. The first-order valence-electron chi connectivity index (χ1n) is 5.25. The van der Waals surface area contributed by atoms with Crippen LogP contribution in [0.15, 0.2) is 45.9 Å².